The number of benzene rings is 1. The fraction of sp³-hybridized carbons (Fsp3) is 0.462. The van der Waals surface area contributed by atoms with E-state index in [1.54, 1.807) is 11.9 Å². The molecule has 1 aromatic rings. The van der Waals surface area contributed by atoms with Crippen LogP contribution >= 0.6 is 0 Å². The van der Waals surface area contributed by atoms with E-state index in [2.05, 4.69) is 0 Å². The predicted octanol–water partition coefficient (Wildman–Crippen LogP) is 0.524. The van der Waals surface area contributed by atoms with Crippen molar-refractivity contribution >= 4 is 11.6 Å². The fourth-order valence-corrected chi connectivity index (χ4v) is 1.83. The molecule has 1 heterocycles. The van der Waals surface area contributed by atoms with Crippen molar-refractivity contribution in [3.63, 3.8) is 0 Å². The van der Waals surface area contributed by atoms with Gasteiger partial charge in [-0.1, -0.05) is 12.1 Å². The third kappa shape index (κ3) is 2.87. The van der Waals surface area contributed by atoms with Crippen molar-refractivity contribution in [1.29, 1.82) is 0 Å². The van der Waals surface area contributed by atoms with Gasteiger partial charge in [-0.25, -0.2) is 0 Å². The lowest BCUT2D eigenvalue weighted by Gasteiger charge is -2.26. The molecule has 1 saturated heterocycles. The Bertz CT molecular complexity index is 399. The summed E-state index contributed by atoms with van der Waals surface area (Å²) in [7, 11) is 1.73. The normalized spacial score (nSPS) is 19.6. The van der Waals surface area contributed by atoms with Crippen LogP contribution in [-0.2, 0) is 20.8 Å². The average molecular weight is 250 g/mol. The first-order valence-electron chi connectivity index (χ1n) is 5.98. The molecule has 0 saturated carbocycles. The summed E-state index contributed by atoms with van der Waals surface area (Å²) < 4.78 is 10.6. The lowest BCUT2D eigenvalue weighted by atomic mass is 10.2. The molecule has 1 aromatic carbocycles. The molecule has 0 aromatic heterocycles. The van der Waals surface area contributed by atoms with E-state index in [-0.39, 0.29) is 5.91 Å². The van der Waals surface area contributed by atoms with Gasteiger partial charge in [-0.3, -0.25) is 4.79 Å². The summed E-state index contributed by atoms with van der Waals surface area (Å²) in [6.07, 6.45) is -0.502. The van der Waals surface area contributed by atoms with E-state index in [9.17, 15) is 4.79 Å². The number of hydrogen-bond donors (Lipinski definition) is 1. The minimum Gasteiger partial charge on any atom is -0.376 e. The second kappa shape index (κ2) is 5.95. The van der Waals surface area contributed by atoms with Crippen LogP contribution in [0.25, 0.3) is 0 Å². The van der Waals surface area contributed by atoms with Gasteiger partial charge in [0.1, 0.15) is 0 Å². The second-order valence-corrected chi connectivity index (χ2v) is 4.20. The Balaban J connectivity index is 2.04. The van der Waals surface area contributed by atoms with E-state index >= 15 is 0 Å². The van der Waals surface area contributed by atoms with Crippen molar-refractivity contribution in [1.82, 2.24) is 0 Å². The van der Waals surface area contributed by atoms with Crippen LogP contribution < -0.4 is 10.6 Å². The molecular weight excluding hydrogens is 232 g/mol. The monoisotopic (exact) mass is 250 g/mol. The number of anilines is 1. The number of likely N-dealkylation sites (N-methyl/N-ethyl adjacent to an activating group) is 1. The van der Waals surface area contributed by atoms with Crippen molar-refractivity contribution in [2.75, 3.05) is 31.8 Å². The minimum absolute atomic E-state index is 0.0878. The number of hydrogen-bond acceptors (Lipinski definition) is 4. The Hall–Kier alpha value is -1.43. The van der Waals surface area contributed by atoms with Gasteiger partial charge in [0.25, 0.3) is 5.91 Å². The molecule has 1 aliphatic heterocycles. The van der Waals surface area contributed by atoms with Crippen LogP contribution in [0.1, 0.15) is 5.56 Å². The molecular formula is C13H18N2O3. The molecule has 5 nitrogen and oxygen atoms in total. The lowest BCUT2D eigenvalue weighted by molar-refractivity contribution is -0.144. The van der Waals surface area contributed by atoms with E-state index in [0.717, 1.165) is 11.3 Å². The van der Waals surface area contributed by atoms with Crippen molar-refractivity contribution in [2.45, 2.75) is 12.6 Å². The highest BCUT2D eigenvalue weighted by Crippen LogP contribution is 2.16. The SMILES string of the molecule is CN(C(=O)C1COCCO1)c1ccc(CN)cc1. The molecule has 98 valence electrons. The molecule has 1 aliphatic rings. The van der Waals surface area contributed by atoms with Crippen molar-refractivity contribution in [3.05, 3.63) is 29.8 Å². The van der Waals surface area contributed by atoms with Crippen LogP contribution in [-0.4, -0.2) is 38.9 Å². The number of carbonyl (C=O) groups is 1. The quantitative estimate of drug-likeness (QED) is 0.849. The topological polar surface area (TPSA) is 64.8 Å². The summed E-state index contributed by atoms with van der Waals surface area (Å²) in [4.78, 5) is 13.7. The molecule has 0 spiro atoms. The van der Waals surface area contributed by atoms with Crippen LogP contribution in [0.15, 0.2) is 24.3 Å². The molecule has 1 amide bonds. The molecule has 0 radical (unpaired) electrons. The van der Waals surface area contributed by atoms with Crippen molar-refractivity contribution in [2.24, 2.45) is 5.73 Å². The first-order chi connectivity index (χ1) is 8.72. The smallest absolute Gasteiger partial charge is 0.258 e. The third-order valence-corrected chi connectivity index (χ3v) is 2.98. The van der Waals surface area contributed by atoms with Crippen LogP contribution in [0.5, 0.6) is 0 Å². The van der Waals surface area contributed by atoms with E-state index in [1.165, 1.54) is 0 Å². The molecule has 18 heavy (non-hydrogen) atoms. The molecule has 1 atom stereocenters. The molecule has 1 fully saturated rings. The number of nitrogens with zero attached hydrogens (tertiary/aromatic N) is 1. The van der Waals surface area contributed by atoms with Crippen molar-refractivity contribution in [3.8, 4) is 0 Å². The maximum Gasteiger partial charge on any atom is 0.258 e. The summed E-state index contributed by atoms with van der Waals surface area (Å²) in [6, 6.07) is 7.59. The summed E-state index contributed by atoms with van der Waals surface area (Å²) in [5.74, 6) is -0.0878. The summed E-state index contributed by atoms with van der Waals surface area (Å²) >= 11 is 0. The predicted molar refractivity (Wildman–Crippen MR) is 68.3 cm³/mol. The highest BCUT2D eigenvalue weighted by atomic mass is 16.6. The number of ether oxygens (including phenoxy) is 2. The third-order valence-electron chi connectivity index (χ3n) is 2.98. The van der Waals surface area contributed by atoms with E-state index in [1.807, 2.05) is 24.3 Å². The van der Waals surface area contributed by atoms with Gasteiger partial charge in [0, 0.05) is 19.3 Å². The van der Waals surface area contributed by atoms with Gasteiger partial charge < -0.3 is 20.1 Å². The molecule has 2 N–H and O–H groups in total. The Labute approximate surface area is 106 Å². The van der Waals surface area contributed by atoms with Gasteiger partial charge in [0.15, 0.2) is 6.10 Å². The number of carbonyl (C=O) groups excluding carboxylic acids is 1. The highest BCUT2D eigenvalue weighted by Gasteiger charge is 2.26. The minimum atomic E-state index is -0.502. The van der Waals surface area contributed by atoms with E-state index in [0.29, 0.717) is 26.4 Å². The summed E-state index contributed by atoms with van der Waals surface area (Å²) in [6.45, 7) is 1.84. The molecule has 0 bridgehead atoms. The molecule has 0 aliphatic carbocycles. The molecule has 2 rings (SSSR count). The maximum atomic E-state index is 12.1. The molecule has 5 heteroatoms. The fourth-order valence-electron chi connectivity index (χ4n) is 1.83. The summed E-state index contributed by atoms with van der Waals surface area (Å²) in [5, 5.41) is 0. The van der Waals surface area contributed by atoms with Gasteiger partial charge in [-0.2, -0.15) is 0 Å². The molecule has 1 unspecified atom stereocenters. The Morgan fingerprint density at radius 1 is 1.39 bits per heavy atom. The van der Waals surface area contributed by atoms with Crippen LogP contribution in [0, 0.1) is 0 Å². The van der Waals surface area contributed by atoms with Gasteiger partial charge in [-0.15, -0.1) is 0 Å². The zero-order valence-electron chi connectivity index (χ0n) is 10.5. The Morgan fingerprint density at radius 3 is 2.67 bits per heavy atom. The highest BCUT2D eigenvalue weighted by molar-refractivity contribution is 5.96. The maximum absolute atomic E-state index is 12.1. The second-order valence-electron chi connectivity index (χ2n) is 4.20. The van der Waals surface area contributed by atoms with E-state index < -0.39 is 6.10 Å². The average Bonchev–Trinajstić information content (AvgIpc) is 2.47. The van der Waals surface area contributed by atoms with Gasteiger partial charge >= 0.3 is 0 Å². The van der Waals surface area contributed by atoms with Crippen LogP contribution in [0.2, 0.25) is 0 Å². The first-order valence-corrected chi connectivity index (χ1v) is 5.98. The Kier molecular flexibility index (Phi) is 4.30. The zero-order valence-corrected chi connectivity index (χ0v) is 10.5. The lowest BCUT2D eigenvalue weighted by Crippen LogP contribution is -2.43. The number of nitrogens with two attached hydrogens (primary N) is 1. The van der Waals surface area contributed by atoms with Gasteiger partial charge in [0.05, 0.1) is 19.8 Å². The van der Waals surface area contributed by atoms with E-state index in [4.69, 9.17) is 15.2 Å². The first kappa shape index (κ1) is 13.0. The Morgan fingerprint density at radius 2 is 2.11 bits per heavy atom. The zero-order chi connectivity index (χ0) is 13.0. The van der Waals surface area contributed by atoms with Crippen LogP contribution in [0.3, 0.4) is 0 Å². The summed E-state index contributed by atoms with van der Waals surface area (Å²) in [5.41, 5.74) is 7.40. The van der Waals surface area contributed by atoms with Gasteiger partial charge in [0.2, 0.25) is 0 Å². The largest absolute Gasteiger partial charge is 0.376 e. The standard InChI is InChI=1S/C13H18N2O3/c1-15(11-4-2-10(8-14)3-5-11)13(16)12-9-17-6-7-18-12/h2-5,12H,6-9,14H2,1H3. The van der Waals surface area contributed by atoms with Crippen LogP contribution in [0.4, 0.5) is 5.69 Å². The number of amides is 1. The number of rotatable bonds is 3. The van der Waals surface area contributed by atoms with Crippen molar-refractivity contribution < 1.29 is 14.3 Å². The van der Waals surface area contributed by atoms with Gasteiger partial charge in [-0.05, 0) is 17.7 Å².